The zero-order valence-corrected chi connectivity index (χ0v) is 15.5. The van der Waals surface area contributed by atoms with Gasteiger partial charge in [0.2, 0.25) is 0 Å². The molecule has 9 heteroatoms. The number of urea groups is 1. The molecule has 138 valence electrons. The van der Waals surface area contributed by atoms with Gasteiger partial charge in [-0.2, -0.15) is 0 Å². The van der Waals surface area contributed by atoms with Crippen LogP contribution in [0.25, 0.3) is 0 Å². The summed E-state index contributed by atoms with van der Waals surface area (Å²) in [6, 6.07) is 10.8. The standard InChI is InChI=1S/C18H18N6O2S/c1-23-14-13(15(25)22-17(23)26)24(11-8-12-6-3-2-4-7-12)18(21-14)27-16-19-9-5-10-20-16/h2-7,9-10,13-14H,8,11H2,1H3,(H,22,25,26). The smallest absolute Gasteiger partial charge is 0.325 e. The van der Waals surface area contributed by atoms with Crippen molar-refractivity contribution in [2.24, 2.45) is 4.99 Å². The lowest BCUT2D eigenvalue weighted by Gasteiger charge is -2.36. The molecule has 0 bridgehead atoms. The van der Waals surface area contributed by atoms with Gasteiger partial charge in [-0.25, -0.2) is 19.8 Å². The van der Waals surface area contributed by atoms with E-state index in [1.165, 1.54) is 22.2 Å². The zero-order valence-electron chi connectivity index (χ0n) is 14.6. The molecule has 0 radical (unpaired) electrons. The van der Waals surface area contributed by atoms with Gasteiger partial charge in [0.25, 0.3) is 5.91 Å². The van der Waals surface area contributed by atoms with E-state index in [0.29, 0.717) is 16.9 Å². The van der Waals surface area contributed by atoms with Crippen molar-refractivity contribution in [3.05, 3.63) is 54.4 Å². The van der Waals surface area contributed by atoms with Crippen molar-refractivity contribution in [3.63, 3.8) is 0 Å². The topological polar surface area (TPSA) is 90.8 Å². The molecule has 8 nitrogen and oxygen atoms in total. The van der Waals surface area contributed by atoms with Gasteiger partial charge in [-0.15, -0.1) is 0 Å². The number of carbonyl (C=O) groups excluding carboxylic acids is 2. The summed E-state index contributed by atoms with van der Waals surface area (Å²) in [5, 5.41) is 3.60. The minimum Gasteiger partial charge on any atom is -0.335 e. The lowest BCUT2D eigenvalue weighted by Crippen LogP contribution is -2.63. The first-order chi connectivity index (χ1) is 13.1. The largest absolute Gasteiger partial charge is 0.335 e. The van der Waals surface area contributed by atoms with E-state index in [9.17, 15) is 9.59 Å². The van der Waals surface area contributed by atoms with E-state index in [4.69, 9.17) is 0 Å². The number of imide groups is 1. The number of hydrogen-bond donors (Lipinski definition) is 1. The highest BCUT2D eigenvalue weighted by atomic mass is 32.2. The maximum atomic E-state index is 12.5. The Morgan fingerprint density at radius 2 is 1.85 bits per heavy atom. The molecule has 0 saturated carbocycles. The number of rotatable bonds is 4. The summed E-state index contributed by atoms with van der Waals surface area (Å²) in [5.74, 6) is -0.329. The van der Waals surface area contributed by atoms with Gasteiger partial charge in [-0.1, -0.05) is 30.3 Å². The number of benzene rings is 1. The van der Waals surface area contributed by atoms with Crippen molar-refractivity contribution in [3.8, 4) is 0 Å². The Labute approximate surface area is 160 Å². The van der Waals surface area contributed by atoms with Crippen LogP contribution in [0.1, 0.15) is 5.56 Å². The number of amidine groups is 1. The molecule has 1 N–H and O–H groups in total. The van der Waals surface area contributed by atoms with Crippen LogP contribution in [-0.4, -0.2) is 62.7 Å². The minimum atomic E-state index is -0.553. The molecule has 0 aliphatic carbocycles. The number of hydrogen-bond acceptors (Lipinski definition) is 7. The van der Waals surface area contributed by atoms with Crippen LogP contribution in [0.15, 0.2) is 58.9 Å². The lowest BCUT2D eigenvalue weighted by atomic mass is 10.1. The third kappa shape index (κ3) is 3.50. The molecule has 4 rings (SSSR count). The first kappa shape index (κ1) is 17.5. The van der Waals surface area contributed by atoms with Crippen molar-refractivity contribution in [2.45, 2.75) is 23.8 Å². The van der Waals surface area contributed by atoms with Gasteiger partial charge in [-0.3, -0.25) is 10.1 Å². The summed E-state index contributed by atoms with van der Waals surface area (Å²) in [6.45, 7) is 0.597. The van der Waals surface area contributed by atoms with Gasteiger partial charge in [-0.05, 0) is 29.8 Å². The van der Waals surface area contributed by atoms with Gasteiger partial charge in [0.1, 0.15) is 0 Å². The van der Waals surface area contributed by atoms with Crippen LogP contribution in [0.5, 0.6) is 0 Å². The molecule has 2 atom stereocenters. The predicted molar refractivity (Wildman–Crippen MR) is 101 cm³/mol. The Morgan fingerprint density at radius 1 is 1.11 bits per heavy atom. The van der Waals surface area contributed by atoms with Gasteiger partial charge < -0.3 is 9.80 Å². The van der Waals surface area contributed by atoms with E-state index in [1.807, 2.05) is 23.1 Å². The van der Waals surface area contributed by atoms with Crippen LogP contribution < -0.4 is 5.32 Å². The van der Waals surface area contributed by atoms with E-state index in [2.05, 4.69) is 32.4 Å². The van der Waals surface area contributed by atoms with Crippen molar-refractivity contribution in [2.75, 3.05) is 13.6 Å². The van der Waals surface area contributed by atoms with Crippen molar-refractivity contribution < 1.29 is 9.59 Å². The number of aliphatic imine (C=N–C) groups is 1. The summed E-state index contributed by atoms with van der Waals surface area (Å²) in [6.07, 6.45) is 3.53. The number of nitrogens with zero attached hydrogens (tertiary/aromatic N) is 5. The second-order valence-electron chi connectivity index (χ2n) is 6.24. The highest BCUT2D eigenvalue weighted by Crippen LogP contribution is 2.30. The Balaban J connectivity index is 1.60. The van der Waals surface area contributed by atoms with Crippen molar-refractivity contribution in [1.29, 1.82) is 0 Å². The molecule has 27 heavy (non-hydrogen) atoms. The highest BCUT2D eigenvalue weighted by Gasteiger charge is 2.48. The van der Waals surface area contributed by atoms with E-state index < -0.39 is 18.2 Å². The van der Waals surface area contributed by atoms with E-state index in [1.54, 1.807) is 25.5 Å². The van der Waals surface area contributed by atoms with Gasteiger partial charge in [0, 0.05) is 26.0 Å². The number of amides is 3. The molecule has 1 saturated heterocycles. The van der Waals surface area contributed by atoms with Gasteiger partial charge >= 0.3 is 6.03 Å². The lowest BCUT2D eigenvalue weighted by molar-refractivity contribution is -0.127. The predicted octanol–water partition coefficient (Wildman–Crippen LogP) is 1.36. The molecule has 1 aromatic heterocycles. The Bertz CT molecular complexity index is 876. The number of nitrogens with one attached hydrogen (secondary N) is 1. The SMILES string of the molecule is CN1C(=O)NC(=O)C2C1N=C(Sc1ncccn1)N2CCc1ccccc1. The van der Waals surface area contributed by atoms with Crippen LogP contribution in [0.2, 0.25) is 0 Å². The van der Waals surface area contributed by atoms with Crippen molar-refractivity contribution >= 4 is 28.9 Å². The normalized spacial score (nSPS) is 21.7. The third-order valence-corrected chi connectivity index (χ3v) is 5.45. The maximum Gasteiger partial charge on any atom is 0.325 e. The number of likely N-dealkylation sites (N-methyl/N-ethyl adjacent to an activating group) is 1. The Hall–Kier alpha value is -2.94. The molecular formula is C18H18N6O2S. The molecule has 3 amide bonds. The summed E-state index contributed by atoms with van der Waals surface area (Å²) in [4.78, 5) is 41.0. The zero-order chi connectivity index (χ0) is 18.8. The van der Waals surface area contributed by atoms with E-state index in [0.717, 1.165) is 6.42 Å². The molecule has 2 unspecified atom stereocenters. The fraction of sp³-hybridized carbons (Fsp3) is 0.278. The van der Waals surface area contributed by atoms with E-state index >= 15 is 0 Å². The number of carbonyl (C=O) groups is 2. The average molecular weight is 382 g/mol. The van der Waals surface area contributed by atoms with Crippen LogP contribution >= 0.6 is 11.8 Å². The summed E-state index contributed by atoms with van der Waals surface area (Å²) in [5.41, 5.74) is 1.17. The third-order valence-electron chi connectivity index (χ3n) is 4.53. The van der Waals surface area contributed by atoms with Crippen LogP contribution in [0, 0.1) is 0 Å². The summed E-state index contributed by atoms with van der Waals surface area (Å²) < 4.78 is 0. The Morgan fingerprint density at radius 3 is 2.59 bits per heavy atom. The number of aromatic nitrogens is 2. The summed E-state index contributed by atoms with van der Waals surface area (Å²) >= 11 is 1.30. The number of thioether (sulfide) groups is 1. The fourth-order valence-corrected chi connectivity index (χ4v) is 4.01. The summed E-state index contributed by atoms with van der Waals surface area (Å²) in [7, 11) is 1.64. The second kappa shape index (κ2) is 7.36. The monoisotopic (exact) mass is 382 g/mol. The quantitative estimate of drug-likeness (QED) is 0.803. The minimum absolute atomic E-state index is 0.329. The first-order valence-electron chi connectivity index (χ1n) is 8.54. The molecule has 2 aliphatic rings. The van der Waals surface area contributed by atoms with Gasteiger partial charge in [0.05, 0.1) is 0 Å². The van der Waals surface area contributed by atoms with E-state index in [-0.39, 0.29) is 5.91 Å². The fourth-order valence-electron chi connectivity index (χ4n) is 3.13. The second-order valence-corrected chi connectivity index (χ2v) is 7.17. The molecule has 3 heterocycles. The van der Waals surface area contributed by atoms with Crippen LogP contribution in [-0.2, 0) is 11.2 Å². The van der Waals surface area contributed by atoms with Crippen LogP contribution in [0.4, 0.5) is 4.79 Å². The highest BCUT2D eigenvalue weighted by molar-refractivity contribution is 8.13. The molecular weight excluding hydrogens is 364 g/mol. The Kier molecular flexibility index (Phi) is 4.76. The molecule has 0 spiro atoms. The molecule has 1 fully saturated rings. The molecule has 2 aliphatic heterocycles. The van der Waals surface area contributed by atoms with Crippen LogP contribution in [0.3, 0.4) is 0 Å². The average Bonchev–Trinajstić information content (AvgIpc) is 3.05. The first-order valence-corrected chi connectivity index (χ1v) is 9.36. The van der Waals surface area contributed by atoms with Gasteiger partial charge in [0.15, 0.2) is 22.5 Å². The maximum absolute atomic E-state index is 12.5. The number of fused-ring (bicyclic) bond motifs is 1. The van der Waals surface area contributed by atoms with Crippen molar-refractivity contribution in [1.82, 2.24) is 25.1 Å². The molecule has 2 aromatic rings. The molecule has 1 aromatic carbocycles.